The average Bonchev–Trinajstić information content (AvgIpc) is 2.54. The highest BCUT2D eigenvalue weighted by molar-refractivity contribution is 5.76. The zero-order chi connectivity index (χ0) is 15.8. The van der Waals surface area contributed by atoms with Crippen LogP contribution in [0.3, 0.4) is 0 Å². The van der Waals surface area contributed by atoms with Crippen molar-refractivity contribution in [2.45, 2.75) is 38.7 Å². The molecule has 4 nitrogen and oxygen atoms in total. The summed E-state index contributed by atoms with van der Waals surface area (Å²) in [5.41, 5.74) is 0.792. The molecule has 0 aromatic heterocycles. The van der Waals surface area contributed by atoms with Crippen molar-refractivity contribution in [3.05, 3.63) is 35.9 Å². The number of aliphatic hydroxyl groups is 1. The topological polar surface area (TPSA) is 52.6 Å². The number of nitrogens with one attached hydrogen (secondary N) is 1. The predicted octanol–water partition coefficient (Wildman–Crippen LogP) is 2.35. The largest absolute Gasteiger partial charge is 0.388 e. The first-order chi connectivity index (χ1) is 10.6. The number of likely N-dealkylation sites (tertiary alicyclic amines) is 1. The SMILES string of the molecule is CC1CCN(CCCNC(=O)CC(O)c2ccccc2)CC1. The van der Waals surface area contributed by atoms with Gasteiger partial charge in [-0.15, -0.1) is 0 Å². The smallest absolute Gasteiger partial charge is 0.222 e. The summed E-state index contributed by atoms with van der Waals surface area (Å²) in [6.45, 7) is 6.42. The van der Waals surface area contributed by atoms with Gasteiger partial charge in [-0.1, -0.05) is 37.3 Å². The molecule has 1 heterocycles. The van der Waals surface area contributed by atoms with Crippen molar-refractivity contribution < 1.29 is 9.90 Å². The molecule has 0 radical (unpaired) electrons. The monoisotopic (exact) mass is 304 g/mol. The molecule has 1 aromatic carbocycles. The number of hydrogen-bond acceptors (Lipinski definition) is 3. The molecular formula is C18H28N2O2. The molecule has 4 heteroatoms. The molecule has 22 heavy (non-hydrogen) atoms. The summed E-state index contributed by atoms with van der Waals surface area (Å²) in [4.78, 5) is 14.3. The molecule has 0 aliphatic carbocycles. The summed E-state index contributed by atoms with van der Waals surface area (Å²) in [7, 11) is 0. The van der Waals surface area contributed by atoms with Crippen LogP contribution in [0.4, 0.5) is 0 Å². The van der Waals surface area contributed by atoms with Crippen LogP contribution in [0, 0.1) is 5.92 Å². The van der Waals surface area contributed by atoms with Crippen LogP contribution in [-0.2, 0) is 4.79 Å². The number of hydrogen-bond donors (Lipinski definition) is 2. The van der Waals surface area contributed by atoms with Crippen molar-refractivity contribution in [3.63, 3.8) is 0 Å². The van der Waals surface area contributed by atoms with E-state index in [-0.39, 0.29) is 12.3 Å². The van der Waals surface area contributed by atoms with Crippen LogP contribution in [0.2, 0.25) is 0 Å². The Hall–Kier alpha value is -1.39. The van der Waals surface area contributed by atoms with Gasteiger partial charge in [0.1, 0.15) is 0 Å². The van der Waals surface area contributed by atoms with Gasteiger partial charge >= 0.3 is 0 Å². The third-order valence-electron chi connectivity index (χ3n) is 4.41. The van der Waals surface area contributed by atoms with E-state index in [1.54, 1.807) is 0 Å². The molecule has 1 aromatic rings. The molecule has 1 atom stereocenters. The third kappa shape index (κ3) is 5.78. The van der Waals surface area contributed by atoms with Gasteiger partial charge in [-0.2, -0.15) is 0 Å². The fraction of sp³-hybridized carbons (Fsp3) is 0.611. The Labute approximate surface area is 133 Å². The lowest BCUT2D eigenvalue weighted by molar-refractivity contribution is -0.123. The van der Waals surface area contributed by atoms with E-state index in [0.717, 1.165) is 24.4 Å². The van der Waals surface area contributed by atoms with Crippen LogP contribution in [0.5, 0.6) is 0 Å². The summed E-state index contributed by atoms with van der Waals surface area (Å²) in [5, 5.41) is 12.9. The standard InChI is InChI=1S/C18H28N2O2/c1-15-8-12-20(13-9-15)11-5-10-19-18(22)14-17(21)16-6-3-2-4-7-16/h2-4,6-7,15,17,21H,5,8-14H2,1H3,(H,19,22). The van der Waals surface area contributed by atoms with Crippen molar-refractivity contribution in [1.29, 1.82) is 0 Å². The van der Waals surface area contributed by atoms with Crippen LogP contribution in [-0.4, -0.2) is 42.1 Å². The quantitative estimate of drug-likeness (QED) is 0.760. The van der Waals surface area contributed by atoms with Gasteiger partial charge in [0, 0.05) is 6.54 Å². The summed E-state index contributed by atoms with van der Waals surface area (Å²) in [6.07, 6.45) is 2.96. The Balaban J connectivity index is 1.58. The van der Waals surface area contributed by atoms with Crippen molar-refractivity contribution in [2.75, 3.05) is 26.2 Å². The average molecular weight is 304 g/mol. The minimum atomic E-state index is -0.718. The van der Waals surface area contributed by atoms with Crippen molar-refractivity contribution in [2.24, 2.45) is 5.92 Å². The van der Waals surface area contributed by atoms with Gasteiger partial charge in [0.25, 0.3) is 0 Å². The fourth-order valence-corrected chi connectivity index (χ4v) is 2.86. The van der Waals surface area contributed by atoms with Crippen LogP contribution in [0.1, 0.15) is 44.3 Å². The van der Waals surface area contributed by atoms with E-state index in [9.17, 15) is 9.90 Å². The van der Waals surface area contributed by atoms with Crippen molar-refractivity contribution in [3.8, 4) is 0 Å². The first-order valence-corrected chi connectivity index (χ1v) is 8.37. The first kappa shape index (κ1) is 17.0. The normalized spacial score (nSPS) is 18.1. The van der Waals surface area contributed by atoms with Gasteiger partial charge in [0.15, 0.2) is 0 Å². The van der Waals surface area contributed by atoms with Crippen LogP contribution in [0.25, 0.3) is 0 Å². The van der Waals surface area contributed by atoms with E-state index < -0.39 is 6.10 Å². The number of nitrogens with zero attached hydrogens (tertiary/aromatic N) is 1. The molecule has 1 fully saturated rings. The molecule has 1 aliphatic heterocycles. The molecule has 122 valence electrons. The number of aliphatic hydroxyl groups excluding tert-OH is 1. The van der Waals surface area contributed by atoms with E-state index in [0.29, 0.717) is 6.54 Å². The minimum absolute atomic E-state index is 0.0800. The van der Waals surface area contributed by atoms with E-state index >= 15 is 0 Å². The Morgan fingerprint density at radius 2 is 2.00 bits per heavy atom. The summed E-state index contributed by atoms with van der Waals surface area (Å²) in [5.74, 6) is 0.777. The lowest BCUT2D eigenvalue weighted by atomic mass is 9.99. The third-order valence-corrected chi connectivity index (χ3v) is 4.41. The predicted molar refractivity (Wildman–Crippen MR) is 88.5 cm³/mol. The number of piperidine rings is 1. The van der Waals surface area contributed by atoms with Crippen molar-refractivity contribution >= 4 is 5.91 Å². The number of amides is 1. The summed E-state index contributed by atoms with van der Waals surface area (Å²) < 4.78 is 0. The highest BCUT2D eigenvalue weighted by Gasteiger charge is 2.15. The molecule has 0 bridgehead atoms. The number of carbonyl (C=O) groups is 1. The molecule has 1 unspecified atom stereocenters. The van der Waals surface area contributed by atoms with Gasteiger partial charge in [0.2, 0.25) is 5.91 Å². The Morgan fingerprint density at radius 3 is 2.68 bits per heavy atom. The van der Waals surface area contributed by atoms with Gasteiger partial charge < -0.3 is 15.3 Å². The highest BCUT2D eigenvalue weighted by atomic mass is 16.3. The molecule has 2 rings (SSSR count). The van der Waals surface area contributed by atoms with E-state index in [1.807, 2.05) is 30.3 Å². The molecule has 1 amide bonds. The van der Waals surface area contributed by atoms with Crippen LogP contribution < -0.4 is 5.32 Å². The van der Waals surface area contributed by atoms with Gasteiger partial charge in [-0.05, 0) is 50.4 Å². The van der Waals surface area contributed by atoms with E-state index in [2.05, 4.69) is 17.1 Å². The molecule has 1 saturated heterocycles. The summed E-state index contributed by atoms with van der Waals surface area (Å²) in [6, 6.07) is 9.33. The van der Waals surface area contributed by atoms with Crippen molar-refractivity contribution in [1.82, 2.24) is 10.2 Å². The maximum Gasteiger partial charge on any atom is 0.222 e. The van der Waals surface area contributed by atoms with Gasteiger partial charge in [-0.25, -0.2) is 0 Å². The van der Waals surface area contributed by atoms with Gasteiger partial charge in [-0.3, -0.25) is 4.79 Å². The Kier molecular flexibility index (Phi) is 6.87. The summed E-state index contributed by atoms with van der Waals surface area (Å²) >= 11 is 0. The van der Waals surface area contributed by atoms with Gasteiger partial charge in [0.05, 0.1) is 12.5 Å². The second kappa shape index (κ2) is 8.91. The molecule has 1 aliphatic rings. The van der Waals surface area contributed by atoms with Crippen LogP contribution in [0.15, 0.2) is 30.3 Å². The molecule has 0 spiro atoms. The van der Waals surface area contributed by atoms with E-state index in [4.69, 9.17) is 0 Å². The number of benzene rings is 1. The number of rotatable bonds is 7. The molecular weight excluding hydrogens is 276 g/mol. The maximum atomic E-state index is 11.8. The minimum Gasteiger partial charge on any atom is -0.388 e. The van der Waals surface area contributed by atoms with E-state index in [1.165, 1.54) is 25.9 Å². The second-order valence-electron chi connectivity index (χ2n) is 6.36. The Morgan fingerprint density at radius 1 is 1.32 bits per heavy atom. The highest BCUT2D eigenvalue weighted by Crippen LogP contribution is 2.16. The lowest BCUT2D eigenvalue weighted by Crippen LogP contribution is -2.35. The zero-order valence-corrected chi connectivity index (χ0v) is 13.5. The maximum absolute atomic E-state index is 11.8. The van der Waals surface area contributed by atoms with Crippen LogP contribution >= 0.6 is 0 Å². The fourth-order valence-electron chi connectivity index (χ4n) is 2.86. The second-order valence-corrected chi connectivity index (χ2v) is 6.36. The molecule has 2 N–H and O–H groups in total. The first-order valence-electron chi connectivity index (χ1n) is 8.37. The Bertz CT molecular complexity index is 442. The number of carbonyl (C=O) groups excluding carboxylic acids is 1. The zero-order valence-electron chi connectivity index (χ0n) is 13.5. The lowest BCUT2D eigenvalue weighted by Gasteiger charge is -2.30. The molecule has 0 saturated carbocycles.